The van der Waals surface area contributed by atoms with Gasteiger partial charge in [-0.2, -0.15) is 0 Å². The molecule has 5 N–H and O–H groups in total. The molecule has 0 unspecified atom stereocenters. The van der Waals surface area contributed by atoms with Crippen LogP contribution >= 0.6 is 0 Å². The summed E-state index contributed by atoms with van der Waals surface area (Å²) in [6.45, 7) is 0.351. The number of nitrogens with two attached hydrogens (primary N) is 1. The van der Waals surface area contributed by atoms with E-state index in [1.807, 2.05) is 0 Å². The van der Waals surface area contributed by atoms with Gasteiger partial charge in [0.25, 0.3) is 5.91 Å². The summed E-state index contributed by atoms with van der Waals surface area (Å²) in [6, 6.07) is 3.40. The number of rotatable bonds is 8. The van der Waals surface area contributed by atoms with Gasteiger partial charge in [0.1, 0.15) is 23.4 Å². The highest BCUT2D eigenvalue weighted by Crippen LogP contribution is 2.22. The number of aryl methyl sites for hydroxylation is 1. The van der Waals surface area contributed by atoms with Crippen molar-refractivity contribution in [2.45, 2.75) is 31.3 Å². The Morgan fingerprint density at radius 2 is 1.94 bits per heavy atom. The van der Waals surface area contributed by atoms with Crippen LogP contribution in [0.5, 0.6) is 0 Å². The van der Waals surface area contributed by atoms with Gasteiger partial charge in [0.05, 0.1) is 11.7 Å². The van der Waals surface area contributed by atoms with Crippen LogP contribution in [0, 0.1) is 11.6 Å². The highest BCUT2D eigenvalue weighted by Gasteiger charge is 2.43. The first-order valence-electron chi connectivity index (χ1n) is 10.7. The van der Waals surface area contributed by atoms with Crippen molar-refractivity contribution in [2.24, 2.45) is 12.8 Å². The lowest BCUT2D eigenvalue weighted by molar-refractivity contribution is -0.125. The number of aromatic nitrogens is 1. The number of nitrogens with zero attached hydrogens (tertiary/aromatic N) is 2. The lowest BCUT2D eigenvalue weighted by atomic mass is 10.1. The molecule has 2 heterocycles. The molecular weight excluding hydrogens is 450 g/mol. The van der Waals surface area contributed by atoms with E-state index in [-0.39, 0.29) is 37.5 Å². The maximum Gasteiger partial charge on any atom is 0.319 e. The molecule has 5 amide bonds. The minimum absolute atomic E-state index is 0.0876. The Morgan fingerprint density at radius 1 is 1.18 bits per heavy atom. The zero-order valence-corrected chi connectivity index (χ0v) is 18.5. The van der Waals surface area contributed by atoms with E-state index < -0.39 is 41.6 Å². The summed E-state index contributed by atoms with van der Waals surface area (Å²) in [5, 5.41) is 7.57. The number of urea groups is 1. The lowest BCUT2D eigenvalue weighted by Crippen LogP contribution is -2.55. The molecule has 3 rings (SSSR count). The highest BCUT2D eigenvalue weighted by molar-refractivity contribution is 5.98. The van der Waals surface area contributed by atoms with E-state index in [1.165, 1.54) is 4.90 Å². The summed E-state index contributed by atoms with van der Waals surface area (Å²) in [7, 11) is 1.70. The molecule has 1 aromatic heterocycles. The number of hydrogen-bond donors (Lipinski definition) is 4. The van der Waals surface area contributed by atoms with Crippen molar-refractivity contribution in [3.63, 3.8) is 0 Å². The van der Waals surface area contributed by atoms with Crippen molar-refractivity contribution in [3.05, 3.63) is 53.9 Å². The average Bonchev–Trinajstić information content (AvgIpc) is 3.38. The predicted molar refractivity (Wildman–Crippen MR) is 119 cm³/mol. The molecule has 1 aliphatic rings. The molecule has 0 bridgehead atoms. The number of anilines is 1. The first kappa shape index (κ1) is 24.7. The molecule has 2 atom stereocenters. The van der Waals surface area contributed by atoms with Crippen molar-refractivity contribution >= 4 is 29.4 Å². The van der Waals surface area contributed by atoms with E-state index in [0.29, 0.717) is 18.2 Å². The van der Waals surface area contributed by atoms with E-state index in [2.05, 4.69) is 16.0 Å². The van der Waals surface area contributed by atoms with Crippen LogP contribution in [0.1, 0.15) is 29.8 Å². The van der Waals surface area contributed by atoms with E-state index in [0.717, 1.165) is 12.1 Å². The fourth-order valence-corrected chi connectivity index (χ4v) is 3.82. The number of primary amides is 1. The number of carbonyl (C=O) groups is 4. The third-order valence-electron chi connectivity index (χ3n) is 5.49. The van der Waals surface area contributed by atoms with Gasteiger partial charge in [-0.15, -0.1) is 0 Å². The number of nitrogens with one attached hydrogen (secondary N) is 3. The molecule has 10 nitrogen and oxygen atoms in total. The maximum absolute atomic E-state index is 13.9. The van der Waals surface area contributed by atoms with Gasteiger partial charge in [-0.3, -0.25) is 14.4 Å². The number of amides is 5. The topological polar surface area (TPSA) is 139 Å². The Kier molecular flexibility index (Phi) is 7.82. The molecule has 1 aromatic carbocycles. The summed E-state index contributed by atoms with van der Waals surface area (Å²) >= 11 is 0. The second-order valence-corrected chi connectivity index (χ2v) is 7.93. The monoisotopic (exact) mass is 476 g/mol. The molecule has 1 fully saturated rings. The lowest BCUT2D eigenvalue weighted by Gasteiger charge is -2.28. The van der Waals surface area contributed by atoms with Gasteiger partial charge < -0.3 is 31.2 Å². The fourth-order valence-electron chi connectivity index (χ4n) is 3.82. The SMILES string of the molecule is Cn1cccc1C(=O)N1CC[C@H](NC(=O)Nc2ccc(F)cc2F)[C@H]1C(=O)NCCCC(N)=O. The van der Waals surface area contributed by atoms with Gasteiger partial charge >= 0.3 is 6.03 Å². The Labute approximate surface area is 194 Å². The second kappa shape index (κ2) is 10.8. The Morgan fingerprint density at radius 3 is 2.59 bits per heavy atom. The van der Waals surface area contributed by atoms with Crippen LogP contribution in [0.3, 0.4) is 0 Å². The average molecular weight is 476 g/mol. The van der Waals surface area contributed by atoms with Crippen LogP contribution < -0.4 is 21.7 Å². The molecule has 1 saturated heterocycles. The third kappa shape index (κ3) is 5.88. The minimum atomic E-state index is -1.04. The second-order valence-electron chi connectivity index (χ2n) is 7.93. The van der Waals surface area contributed by atoms with Crippen molar-refractivity contribution in [1.82, 2.24) is 20.1 Å². The highest BCUT2D eigenvalue weighted by atomic mass is 19.1. The minimum Gasteiger partial charge on any atom is -0.370 e. The quantitative estimate of drug-likeness (QED) is 0.424. The van der Waals surface area contributed by atoms with Gasteiger partial charge in [0.15, 0.2) is 0 Å². The van der Waals surface area contributed by atoms with E-state index in [9.17, 15) is 28.0 Å². The molecule has 182 valence electrons. The van der Waals surface area contributed by atoms with Crippen molar-refractivity contribution in [3.8, 4) is 0 Å². The van der Waals surface area contributed by atoms with E-state index in [4.69, 9.17) is 5.73 Å². The standard InChI is InChI=1S/C22H26F2N6O4/c1-29-10-3-4-17(29)21(33)30-11-8-16(19(30)20(32)26-9-2-5-18(25)31)28-22(34)27-15-7-6-13(23)12-14(15)24/h3-4,6-7,10,12,16,19H,2,5,8-9,11H2,1H3,(H2,25,31)(H,26,32)(H2,27,28,34)/t16-,19-/m0/s1. The zero-order valence-electron chi connectivity index (χ0n) is 18.5. The van der Waals surface area contributed by atoms with Crippen LogP contribution in [-0.4, -0.2) is 58.4 Å². The first-order chi connectivity index (χ1) is 16.2. The maximum atomic E-state index is 13.9. The Hall–Kier alpha value is -3.96. The molecular formula is C22H26F2N6O4. The third-order valence-corrected chi connectivity index (χ3v) is 5.49. The van der Waals surface area contributed by atoms with Crippen LogP contribution in [0.4, 0.5) is 19.3 Å². The summed E-state index contributed by atoms with van der Waals surface area (Å²) in [4.78, 5) is 50.9. The molecule has 0 spiro atoms. The molecule has 0 aliphatic carbocycles. The van der Waals surface area contributed by atoms with Gasteiger partial charge in [0.2, 0.25) is 11.8 Å². The molecule has 1 aliphatic heterocycles. The van der Waals surface area contributed by atoms with Crippen molar-refractivity contribution in [2.75, 3.05) is 18.4 Å². The van der Waals surface area contributed by atoms with E-state index >= 15 is 0 Å². The number of likely N-dealkylation sites (tertiary alicyclic amines) is 1. The van der Waals surface area contributed by atoms with Gasteiger partial charge in [-0.05, 0) is 37.1 Å². The zero-order chi connectivity index (χ0) is 24.8. The van der Waals surface area contributed by atoms with Crippen molar-refractivity contribution in [1.29, 1.82) is 0 Å². The van der Waals surface area contributed by atoms with Crippen molar-refractivity contribution < 1.29 is 28.0 Å². The molecule has 34 heavy (non-hydrogen) atoms. The smallest absolute Gasteiger partial charge is 0.319 e. The molecule has 0 saturated carbocycles. The van der Waals surface area contributed by atoms with Crippen LogP contribution in [0.25, 0.3) is 0 Å². The number of carbonyl (C=O) groups excluding carboxylic acids is 4. The first-order valence-corrected chi connectivity index (χ1v) is 10.7. The summed E-state index contributed by atoms with van der Waals surface area (Å²) in [6.07, 6.45) is 2.38. The Balaban J connectivity index is 1.73. The van der Waals surface area contributed by atoms with Gasteiger partial charge in [0, 0.05) is 38.8 Å². The fraction of sp³-hybridized carbons (Fsp3) is 0.364. The van der Waals surface area contributed by atoms with Crippen LogP contribution in [-0.2, 0) is 16.6 Å². The number of halogens is 2. The molecule has 2 aromatic rings. The predicted octanol–water partition coefficient (Wildman–Crippen LogP) is 1.09. The number of hydrogen-bond acceptors (Lipinski definition) is 4. The Bertz CT molecular complexity index is 1090. The normalized spacial score (nSPS) is 17.3. The van der Waals surface area contributed by atoms with Gasteiger partial charge in [-0.1, -0.05) is 0 Å². The largest absolute Gasteiger partial charge is 0.370 e. The number of benzene rings is 1. The molecule has 12 heteroatoms. The van der Waals surface area contributed by atoms with Crippen LogP contribution in [0.15, 0.2) is 36.5 Å². The summed E-state index contributed by atoms with van der Waals surface area (Å²) in [5.41, 5.74) is 5.24. The molecule has 0 radical (unpaired) electrons. The van der Waals surface area contributed by atoms with E-state index in [1.54, 1.807) is 29.9 Å². The van der Waals surface area contributed by atoms with Crippen LogP contribution in [0.2, 0.25) is 0 Å². The van der Waals surface area contributed by atoms with Gasteiger partial charge in [-0.25, -0.2) is 13.6 Å². The summed E-state index contributed by atoms with van der Waals surface area (Å²) < 4.78 is 28.6. The summed E-state index contributed by atoms with van der Waals surface area (Å²) in [5.74, 6) is -3.14.